The number of thiazole rings is 1. The SMILES string of the molecule is CCOc1c(F)c(SC)c(-c2ccc3nc(NC(=O)[C@@H]4C[C@@H]4F)sc3c2)c2cn[nH]c12.O=C(O)C(F)(F)F. The van der Waals surface area contributed by atoms with Gasteiger partial charge in [-0.3, -0.25) is 9.89 Å². The van der Waals surface area contributed by atoms with Gasteiger partial charge in [0.05, 0.1) is 33.8 Å². The highest BCUT2D eigenvalue weighted by atomic mass is 32.2. The topological polar surface area (TPSA) is 117 Å². The highest BCUT2D eigenvalue weighted by Crippen LogP contribution is 2.44. The van der Waals surface area contributed by atoms with Crippen LogP contribution < -0.4 is 10.1 Å². The quantitative estimate of drug-likeness (QED) is 0.190. The molecule has 0 aliphatic heterocycles. The number of carboxylic acid groups (broad SMARTS) is 1. The first-order chi connectivity index (χ1) is 18.0. The summed E-state index contributed by atoms with van der Waals surface area (Å²) in [6, 6.07) is 5.61. The summed E-state index contributed by atoms with van der Waals surface area (Å²) >= 11 is 2.61. The van der Waals surface area contributed by atoms with Gasteiger partial charge in [0.15, 0.2) is 16.7 Å². The second-order valence-corrected chi connectivity index (χ2v) is 9.84. The van der Waals surface area contributed by atoms with Crippen LogP contribution in [-0.2, 0) is 9.59 Å². The number of aliphatic carboxylic acids is 1. The minimum atomic E-state index is -5.08. The Morgan fingerprint density at radius 1 is 1.34 bits per heavy atom. The Kier molecular flexibility index (Phi) is 7.78. The van der Waals surface area contributed by atoms with Crippen LogP contribution in [0, 0.1) is 11.7 Å². The third-order valence-corrected chi connectivity index (χ3v) is 7.18. The molecule has 2 atom stereocenters. The number of carboxylic acids is 1. The molecule has 1 fully saturated rings. The fourth-order valence-corrected chi connectivity index (χ4v) is 5.23. The number of fused-ring (bicyclic) bond motifs is 2. The van der Waals surface area contributed by atoms with Crippen molar-refractivity contribution < 1.29 is 41.4 Å². The molecule has 0 radical (unpaired) electrons. The number of aromatic amines is 1. The Bertz CT molecular complexity index is 1520. The first kappa shape index (κ1) is 27.6. The van der Waals surface area contributed by atoms with E-state index in [1.54, 1.807) is 13.1 Å². The van der Waals surface area contributed by atoms with Gasteiger partial charge in [0, 0.05) is 10.9 Å². The summed E-state index contributed by atoms with van der Waals surface area (Å²) in [7, 11) is 0. The zero-order chi connectivity index (χ0) is 27.8. The lowest BCUT2D eigenvalue weighted by Crippen LogP contribution is -2.21. The van der Waals surface area contributed by atoms with Crippen molar-refractivity contribution in [2.45, 2.75) is 30.6 Å². The molecule has 0 bridgehead atoms. The monoisotopic (exact) mass is 574 g/mol. The maximum atomic E-state index is 15.3. The molecule has 0 saturated heterocycles. The van der Waals surface area contributed by atoms with Gasteiger partial charge in [0.25, 0.3) is 0 Å². The van der Waals surface area contributed by atoms with Gasteiger partial charge in [0.1, 0.15) is 11.7 Å². The lowest BCUT2D eigenvalue weighted by atomic mass is 10.0. The third-order valence-electron chi connectivity index (χ3n) is 5.45. The van der Waals surface area contributed by atoms with Crippen LogP contribution in [-0.4, -0.2) is 57.4 Å². The highest BCUT2D eigenvalue weighted by Gasteiger charge is 2.44. The molecule has 2 aromatic heterocycles. The van der Waals surface area contributed by atoms with E-state index in [-0.39, 0.29) is 18.1 Å². The van der Waals surface area contributed by atoms with E-state index in [1.165, 1.54) is 23.1 Å². The van der Waals surface area contributed by atoms with E-state index >= 15 is 4.39 Å². The Morgan fingerprint density at radius 3 is 2.61 bits per heavy atom. The van der Waals surface area contributed by atoms with Crippen molar-refractivity contribution in [3.63, 3.8) is 0 Å². The lowest BCUT2D eigenvalue weighted by molar-refractivity contribution is -0.192. The number of carbonyl (C=O) groups excluding carboxylic acids is 1. The molecule has 38 heavy (non-hydrogen) atoms. The van der Waals surface area contributed by atoms with Crippen molar-refractivity contribution in [2.75, 3.05) is 18.2 Å². The van der Waals surface area contributed by atoms with E-state index in [9.17, 15) is 22.4 Å². The van der Waals surface area contributed by atoms with Gasteiger partial charge in [-0.05, 0) is 37.3 Å². The Morgan fingerprint density at radius 2 is 2.03 bits per heavy atom. The molecule has 2 aromatic carbocycles. The molecule has 15 heteroatoms. The molecule has 3 N–H and O–H groups in total. The summed E-state index contributed by atoms with van der Waals surface area (Å²) in [6.07, 6.45) is -2.39. The van der Waals surface area contributed by atoms with Crippen molar-refractivity contribution in [2.24, 2.45) is 5.92 Å². The number of carbonyl (C=O) groups is 2. The normalized spacial score (nSPS) is 16.7. The van der Waals surface area contributed by atoms with Crippen LogP contribution in [0.2, 0.25) is 0 Å². The lowest BCUT2D eigenvalue weighted by Gasteiger charge is -2.15. The average molecular weight is 575 g/mol. The minimum Gasteiger partial charge on any atom is -0.489 e. The highest BCUT2D eigenvalue weighted by molar-refractivity contribution is 7.98. The number of anilines is 1. The molecule has 1 amide bonds. The van der Waals surface area contributed by atoms with E-state index in [0.717, 1.165) is 21.2 Å². The van der Waals surface area contributed by atoms with Crippen molar-refractivity contribution >= 4 is 61.2 Å². The van der Waals surface area contributed by atoms with Crippen LogP contribution in [0.3, 0.4) is 0 Å². The summed E-state index contributed by atoms with van der Waals surface area (Å²) in [6.45, 7) is 2.14. The number of nitrogens with one attached hydrogen (secondary N) is 2. The molecule has 8 nitrogen and oxygen atoms in total. The molecular weight excluding hydrogens is 555 g/mol. The van der Waals surface area contributed by atoms with Crippen LogP contribution in [0.25, 0.3) is 32.2 Å². The molecule has 0 unspecified atom stereocenters. The van der Waals surface area contributed by atoms with E-state index in [1.807, 2.05) is 24.5 Å². The summed E-state index contributed by atoms with van der Waals surface area (Å²) < 4.78 is 66.6. The zero-order valence-electron chi connectivity index (χ0n) is 19.7. The predicted octanol–water partition coefficient (Wildman–Crippen LogP) is 6.03. The number of alkyl halides is 4. The summed E-state index contributed by atoms with van der Waals surface area (Å²) in [5, 5.41) is 18.0. The van der Waals surface area contributed by atoms with E-state index < -0.39 is 30.1 Å². The van der Waals surface area contributed by atoms with E-state index in [4.69, 9.17) is 14.6 Å². The van der Waals surface area contributed by atoms with Crippen LogP contribution in [0.1, 0.15) is 13.3 Å². The van der Waals surface area contributed by atoms with Gasteiger partial charge in [-0.25, -0.2) is 18.6 Å². The fourth-order valence-electron chi connectivity index (χ4n) is 3.62. The molecule has 1 aliphatic rings. The predicted molar refractivity (Wildman–Crippen MR) is 133 cm³/mol. The maximum Gasteiger partial charge on any atom is 0.490 e. The summed E-state index contributed by atoms with van der Waals surface area (Å²) in [5.74, 6) is -3.94. The zero-order valence-corrected chi connectivity index (χ0v) is 21.3. The minimum absolute atomic E-state index is 0.165. The number of hydrogen-bond acceptors (Lipinski definition) is 7. The summed E-state index contributed by atoms with van der Waals surface area (Å²) in [4.78, 5) is 25.8. The molecule has 4 aromatic rings. The Hall–Kier alpha value is -3.46. The van der Waals surface area contributed by atoms with E-state index in [0.29, 0.717) is 27.7 Å². The second-order valence-electron chi connectivity index (χ2n) is 7.99. The smallest absolute Gasteiger partial charge is 0.489 e. The van der Waals surface area contributed by atoms with Gasteiger partial charge in [0.2, 0.25) is 5.91 Å². The third kappa shape index (κ3) is 5.53. The number of aromatic nitrogens is 3. The standard InChI is InChI=1S/C21H18F2N4O2S2.C2HF3O2/c1-3-29-18-16(23)19(30-2)15(11-8-24-27-17(11)18)9-4-5-13-14(6-9)31-21(25-13)26-20(28)10-7-12(10)22;3-2(4,5)1(6)7/h4-6,8,10,12H,3,7H2,1-2H3,(H,24,27)(H,25,26,28);(H,6,7)/t10-,12+;/m1./s1. The number of amides is 1. The van der Waals surface area contributed by atoms with Crippen LogP contribution >= 0.6 is 23.1 Å². The second kappa shape index (κ2) is 10.7. The van der Waals surface area contributed by atoms with Crippen LogP contribution in [0.4, 0.5) is 27.1 Å². The maximum absolute atomic E-state index is 15.3. The number of hydrogen-bond donors (Lipinski definition) is 3. The number of nitrogens with zero attached hydrogens (tertiary/aromatic N) is 2. The van der Waals surface area contributed by atoms with E-state index in [2.05, 4.69) is 20.5 Å². The van der Waals surface area contributed by atoms with Gasteiger partial charge < -0.3 is 15.2 Å². The Labute approximate surface area is 219 Å². The van der Waals surface area contributed by atoms with Crippen LogP contribution in [0.15, 0.2) is 29.3 Å². The van der Waals surface area contributed by atoms with Crippen molar-refractivity contribution in [1.29, 1.82) is 0 Å². The molecule has 1 aliphatic carbocycles. The molecule has 0 spiro atoms. The number of ether oxygens (including phenoxy) is 1. The van der Waals surface area contributed by atoms with Crippen LogP contribution in [0.5, 0.6) is 5.75 Å². The number of halogens is 5. The molecule has 1 saturated carbocycles. The fraction of sp³-hybridized carbons (Fsp3) is 0.304. The van der Waals surface area contributed by atoms with Crippen molar-refractivity contribution in [1.82, 2.24) is 15.2 Å². The molecular formula is C23H19F5N4O4S2. The largest absolute Gasteiger partial charge is 0.490 e. The number of rotatable bonds is 6. The van der Waals surface area contributed by atoms with Gasteiger partial charge in [-0.2, -0.15) is 18.3 Å². The first-order valence-corrected chi connectivity index (χ1v) is 13.0. The van der Waals surface area contributed by atoms with Gasteiger partial charge in [-0.1, -0.05) is 17.4 Å². The summed E-state index contributed by atoms with van der Waals surface area (Å²) in [5.41, 5.74) is 2.74. The molecule has 2 heterocycles. The molecule has 5 rings (SSSR count). The number of H-pyrrole nitrogens is 1. The van der Waals surface area contributed by atoms with Crippen molar-refractivity contribution in [3.8, 4) is 16.9 Å². The Balaban J connectivity index is 0.000000426. The average Bonchev–Trinajstić information content (AvgIpc) is 3.23. The van der Waals surface area contributed by atoms with Crippen molar-refractivity contribution in [3.05, 3.63) is 30.2 Å². The van der Waals surface area contributed by atoms with Gasteiger partial charge >= 0.3 is 12.1 Å². The molecule has 202 valence electrons. The first-order valence-electron chi connectivity index (χ1n) is 11.0. The number of thioether (sulfide) groups is 1. The van der Waals surface area contributed by atoms with Gasteiger partial charge in [-0.15, -0.1) is 11.8 Å². The number of benzene rings is 2.